The zero-order chi connectivity index (χ0) is 14.2. The molecule has 2 aromatic carbocycles. The quantitative estimate of drug-likeness (QED) is 0.833. The number of phenols is 2. The minimum atomic E-state index is -3.95. The van der Waals surface area contributed by atoms with Crippen molar-refractivity contribution in [2.24, 2.45) is 0 Å². The van der Waals surface area contributed by atoms with Crippen LogP contribution in [0.5, 0.6) is 11.5 Å². The molecule has 0 radical (unpaired) electrons. The summed E-state index contributed by atoms with van der Waals surface area (Å²) in [4.78, 5) is -0.467. The van der Waals surface area contributed by atoms with Crippen molar-refractivity contribution >= 4 is 33.0 Å². The summed E-state index contributed by atoms with van der Waals surface area (Å²) in [5.74, 6) is -1.45. The number of aromatic hydroxyl groups is 2. The number of phenolic OH excluding ortho intramolecular Hbond substituents is 2. The van der Waals surface area contributed by atoms with Gasteiger partial charge in [-0.1, -0.05) is 23.2 Å². The van der Waals surface area contributed by atoms with Crippen LogP contribution in [-0.2, 0) is 9.84 Å². The van der Waals surface area contributed by atoms with Crippen LogP contribution >= 0.6 is 23.2 Å². The van der Waals surface area contributed by atoms with E-state index in [2.05, 4.69) is 0 Å². The summed E-state index contributed by atoms with van der Waals surface area (Å²) in [5, 5.41) is 19.4. The molecule has 100 valence electrons. The van der Waals surface area contributed by atoms with E-state index in [1.54, 1.807) is 0 Å². The zero-order valence-electron chi connectivity index (χ0n) is 9.34. The average Bonchev–Trinajstić information content (AvgIpc) is 2.36. The second-order valence-corrected chi connectivity index (χ2v) is 6.46. The number of hydrogen-bond acceptors (Lipinski definition) is 4. The van der Waals surface area contributed by atoms with Crippen LogP contribution in [0.15, 0.2) is 46.2 Å². The van der Waals surface area contributed by atoms with Crippen LogP contribution in [0.25, 0.3) is 0 Å². The van der Waals surface area contributed by atoms with Crippen LogP contribution in [0.3, 0.4) is 0 Å². The molecule has 19 heavy (non-hydrogen) atoms. The van der Waals surface area contributed by atoms with E-state index in [0.717, 1.165) is 6.07 Å². The second kappa shape index (κ2) is 4.92. The summed E-state index contributed by atoms with van der Waals surface area (Å²) in [6.07, 6.45) is 0. The highest BCUT2D eigenvalue weighted by molar-refractivity contribution is 7.91. The van der Waals surface area contributed by atoms with Gasteiger partial charge in [-0.05, 0) is 36.4 Å². The highest BCUT2D eigenvalue weighted by Crippen LogP contribution is 2.40. The molecule has 2 N–H and O–H groups in total. The lowest BCUT2D eigenvalue weighted by molar-refractivity contribution is 0.393. The molecule has 0 bridgehead atoms. The maximum Gasteiger partial charge on any atom is 0.210 e. The Morgan fingerprint density at radius 3 is 2.00 bits per heavy atom. The molecule has 7 heteroatoms. The van der Waals surface area contributed by atoms with E-state index < -0.39 is 26.2 Å². The van der Waals surface area contributed by atoms with Crippen molar-refractivity contribution in [2.75, 3.05) is 0 Å². The van der Waals surface area contributed by atoms with Crippen LogP contribution in [0.1, 0.15) is 0 Å². The molecule has 0 saturated heterocycles. The van der Waals surface area contributed by atoms with Gasteiger partial charge in [0.2, 0.25) is 9.84 Å². The maximum atomic E-state index is 12.3. The van der Waals surface area contributed by atoms with Gasteiger partial charge in [-0.2, -0.15) is 0 Å². The molecule has 2 rings (SSSR count). The molecule has 0 amide bonds. The lowest BCUT2D eigenvalue weighted by atomic mass is 10.3. The van der Waals surface area contributed by atoms with Gasteiger partial charge in [0.15, 0.2) is 11.5 Å². The Hall–Kier alpha value is -1.43. The Morgan fingerprint density at radius 1 is 0.842 bits per heavy atom. The lowest BCUT2D eigenvalue weighted by Gasteiger charge is -2.08. The minimum absolute atomic E-state index is 0.0473. The normalized spacial score (nSPS) is 11.5. The SMILES string of the molecule is O=S(=O)(c1ccc(Cl)cc1)c1ccc(Cl)c(O)c1O. The van der Waals surface area contributed by atoms with Crippen molar-refractivity contribution in [3.8, 4) is 11.5 Å². The standard InChI is InChI=1S/C12H8Cl2O4S/c13-7-1-3-8(4-2-7)19(17,18)10-6-5-9(14)11(15)12(10)16/h1-6,15-16H. The van der Waals surface area contributed by atoms with Gasteiger partial charge in [0.1, 0.15) is 4.90 Å². The summed E-state index contributed by atoms with van der Waals surface area (Å²) >= 11 is 11.3. The molecule has 0 spiro atoms. The summed E-state index contributed by atoms with van der Waals surface area (Å²) in [5.41, 5.74) is 0. The maximum absolute atomic E-state index is 12.3. The fourth-order valence-electron chi connectivity index (χ4n) is 1.49. The number of benzene rings is 2. The molecule has 0 aromatic heterocycles. The van der Waals surface area contributed by atoms with Crippen molar-refractivity contribution < 1.29 is 18.6 Å². The predicted molar refractivity (Wildman–Crippen MR) is 71.7 cm³/mol. The molecular weight excluding hydrogens is 311 g/mol. The highest BCUT2D eigenvalue weighted by Gasteiger charge is 2.24. The van der Waals surface area contributed by atoms with Crippen molar-refractivity contribution in [1.82, 2.24) is 0 Å². The van der Waals surface area contributed by atoms with Gasteiger partial charge in [0, 0.05) is 5.02 Å². The first-order valence-corrected chi connectivity index (χ1v) is 7.29. The average molecular weight is 319 g/mol. The number of hydrogen-bond donors (Lipinski definition) is 2. The fourth-order valence-corrected chi connectivity index (χ4v) is 3.12. The molecule has 2 aromatic rings. The molecular formula is C12H8Cl2O4S. The van der Waals surface area contributed by atoms with E-state index in [4.69, 9.17) is 23.2 Å². The van der Waals surface area contributed by atoms with Crippen LogP contribution in [-0.4, -0.2) is 18.6 Å². The largest absolute Gasteiger partial charge is 0.503 e. The third-order valence-corrected chi connectivity index (χ3v) is 4.84. The van der Waals surface area contributed by atoms with E-state index in [-0.39, 0.29) is 9.92 Å². The molecule has 4 nitrogen and oxygen atoms in total. The van der Waals surface area contributed by atoms with Crippen molar-refractivity contribution in [1.29, 1.82) is 0 Å². The number of halogens is 2. The molecule has 0 heterocycles. The van der Waals surface area contributed by atoms with Gasteiger partial charge >= 0.3 is 0 Å². The Labute approximate surface area is 119 Å². The molecule has 0 aliphatic carbocycles. The Balaban J connectivity index is 2.64. The van der Waals surface area contributed by atoms with E-state index >= 15 is 0 Å². The van der Waals surface area contributed by atoms with Crippen LogP contribution in [0.2, 0.25) is 10.0 Å². The molecule has 0 saturated carbocycles. The predicted octanol–water partition coefficient (Wildman–Crippen LogP) is 3.24. The Kier molecular flexibility index (Phi) is 3.62. The third kappa shape index (κ3) is 2.49. The molecule has 0 aliphatic rings. The van der Waals surface area contributed by atoms with E-state index in [0.29, 0.717) is 5.02 Å². The van der Waals surface area contributed by atoms with Gasteiger partial charge in [-0.25, -0.2) is 8.42 Å². The van der Waals surface area contributed by atoms with E-state index in [9.17, 15) is 18.6 Å². The first-order chi connectivity index (χ1) is 8.84. The summed E-state index contributed by atoms with van der Waals surface area (Å²) in [7, 11) is -3.95. The monoisotopic (exact) mass is 318 g/mol. The van der Waals surface area contributed by atoms with E-state index in [1.807, 2.05) is 0 Å². The topological polar surface area (TPSA) is 74.6 Å². The van der Waals surface area contributed by atoms with Crippen molar-refractivity contribution in [2.45, 2.75) is 9.79 Å². The summed E-state index contributed by atoms with van der Waals surface area (Å²) < 4.78 is 24.5. The smallest absolute Gasteiger partial charge is 0.210 e. The highest BCUT2D eigenvalue weighted by atomic mass is 35.5. The van der Waals surface area contributed by atoms with Crippen LogP contribution in [0, 0.1) is 0 Å². The number of rotatable bonds is 2. The first kappa shape index (κ1) is 14.0. The van der Waals surface area contributed by atoms with Gasteiger partial charge < -0.3 is 10.2 Å². The third-order valence-electron chi connectivity index (χ3n) is 2.48. The van der Waals surface area contributed by atoms with Crippen LogP contribution in [0.4, 0.5) is 0 Å². The van der Waals surface area contributed by atoms with Gasteiger partial charge in [0.05, 0.1) is 9.92 Å². The Bertz CT molecular complexity index is 724. The summed E-state index contributed by atoms with van der Waals surface area (Å²) in [6, 6.07) is 7.77. The fraction of sp³-hybridized carbons (Fsp3) is 0. The van der Waals surface area contributed by atoms with Gasteiger partial charge in [-0.3, -0.25) is 0 Å². The molecule has 0 unspecified atom stereocenters. The summed E-state index contributed by atoms with van der Waals surface area (Å²) in [6.45, 7) is 0. The van der Waals surface area contributed by atoms with Crippen molar-refractivity contribution in [3.05, 3.63) is 46.4 Å². The van der Waals surface area contributed by atoms with Crippen molar-refractivity contribution in [3.63, 3.8) is 0 Å². The zero-order valence-corrected chi connectivity index (χ0v) is 11.7. The minimum Gasteiger partial charge on any atom is -0.503 e. The molecule has 0 fully saturated rings. The number of sulfone groups is 1. The van der Waals surface area contributed by atoms with E-state index in [1.165, 1.54) is 30.3 Å². The van der Waals surface area contributed by atoms with Gasteiger partial charge in [-0.15, -0.1) is 0 Å². The first-order valence-electron chi connectivity index (χ1n) is 5.05. The lowest BCUT2D eigenvalue weighted by Crippen LogP contribution is -2.02. The van der Waals surface area contributed by atoms with Gasteiger partial charge in [0.25, 0.3) is 0 Å². The second-order valence-electron chi connectivity index (χ2n) is 3.70. The van der Waals surface area contributed by atoms with Crippen LogP contribution < -0.4 is 0 Å². The molecule has 0 atom stereocenters. The Morgan fingerprint density at radius 2 is 1.42 bits per heavy atom. The molecule has 0 aliphatic heterocycles.